The number of alkyl halides is 3. The fourth-order valence-electron chi connectivity index (χ4n) is 2.61. The van der Waals surface area contributed by atoms with Crippen LogP contribution in [0.3, 0.4) is 0 Å². The van der Waals surface area contributed by atoms with Crippen LogP contribution in [0.2, 0.25) is 0 Å². The van der Waals surface area contributed by atoms with Crippen LogP contribution in [-0.4, -0.2) is 44.3 Å². The summed E-state index contributed by atoms with van der Waals surface area (Å²) in [5, 5.41) is 0. The highest BCUT2D eigenvalue weighted by atomic mass is 35.5. The molecule has 2 unspecified atom stereocenters. The first kappa shape index (κ1) is 21.5. The van der Waals surface area contributed by atoms with Crippen LogP contribution in [-0.2, 0) is 10.9 Å². The average molecular weight is 361 g/mol. The van der Waals surface area contributed by atoms with Gasteiger partial charge in [0.25, 0.3) is 0 Å². The van der Waals surface area contributed by atoms with Gasteiger partial charge in [-0.25, -0.2) is 0 Å². The van der Waals surface area contributed by atoms with Gasteiger partial charge in [-0.15, -0.1) is 24.8 Å². The third-order valence-electron chi connectivity index (χ3n) is 3.69. The van der Waals surface area contributed by atoms with Crippen molar-refractivity contribution in [3.8, 4) is 0 Å². The zero-order valence-corrected chi connectivity index (χ0v) is 13.8. The van der Waals surface area contributed by atoms with E-state index in [-0.39, 0.29) is 36.8 Å². The number of halogens is 5. The summed E-state index contributed by atoms with van der Waals surface area (Å²) in [6.07, 6.45) is -4.31. The monoisotopic (exact) mass is 360 g/mol. The molecule has 0 amide bonds. The Morgan fingerprint density at radius 1 is 1.27 bits per heavy atom. The molecule has 0 bridgehead atoms. The van der Waals surface area contributed by atoms with Gasteiger partial charge in [-0.1, -0.05) is 18.2 Å². The molecule has 0 radical (unpaired) electrons. The molecule has 1 saturated heterocycles. The van der Waals surface area contributed by atoms with Gasteiger partial charge in [0.15, 0.2) is 0 Å². The van der Waals surface area contributed by atoms with E-state index < -0.39 is 11.7 Å². The molecule has 0 aromatic heterocycles. The topological polar surface area (TPSA) is 38.5 Å². The lowest BCUT2D eigenvalue weighted by Gasteiger charge is -2.17. The van der Waals surface area contributed by atoms with Crippen LogP contribution in [0.5, 0.6) is 0 Å². The van der Waals surface area contributed by atoms with Gasteiger partial charge in [0.2, 0.25) is 0 Å². The largest absolute Gasteiger partial charge is 0.416 e. The Kier molecular flexibility index (Phi) is 8.72. The second-order valence-corrected chi connectivity index (χ2v) is 5.15. The highest BCUT2D eigenvalue weighted by molar-refractivity contribution is 5.85. The highest BCUT2D eigenvalue weighted by Gasteiger charge is 2.34. The van der Waals surface area contributed by atoms with Gasteiger partial charge >= 0.3 is 6.18 Å². The fourth-order valence-corrected chi connectivity index (χ4v) is 2.61. The van der Waals surface area contributed by atoms with Gasteiger partial charge in [0.05, 0.1) is 12.2 Å². The van der Waals surface area contributed by atoms with E-state index in [0.29, 0.717) is 25.3 Å². The Morgan fingerprint density at radius 3 is 2.55 bits per heavy atom. The van der Waals surface area contributed by atoms with Crippen LogP contribution in [0.15, 0.2) is 24.3 Å². The van der Waals surface area contributed by atoms with Gasteiger partial charge in [-0.2, -0.15) is 13.2 Å². The molecule has 3 nitrogen and oxygen atoms in total. The van der Waals surface area contributed by atoms with Crippen LogP contribution in [0, 0.1) is 0 Å². The Labute approximate surface area is 140 Å². The third-order valence-corrected chi connectivity index (χ3v) is 3.69. The van der Waals surface area contributed by atoms with Crippen LogP contribution >= 0.6 is 24.8 Å². The molecule has 2 atom stereocenters. The summed E-state index contributed by atoms with van der Waals surface area (Å²) in [5.41, 5.74) is 6.11. The number of hydrogen-bond acceptors (Lipinski definition) is 3. The quantitative estimate of drug-likeness (QED) is 0.896. The van der Waals surface area contributed by atoms with E-state index in [0.717, 1.165) is 12.6 Å². The van der Waals surface area contributed by atoms with E-state index in [1.807, 2.05) is 0 Å². The molecule has 1 aromatic rings. The number of ether oxygens (including phenoxy) is 1. The van der Waals surface area contributed by atoms with Crippen molar-refractivity contribution in [1.29, 1.82) is 0 Å². The number of benzene rings is 1. The highest BCUT2D eigenvalue weighted by Crippen LogP contribution is 2.33. The Hall–Kier alpha value is -0.530. The van der Waals surface area contributed by atoms with Crippen LogP contribution in [0.4, 0.5) is 13.2 Å². The van der Waals surface area contributed by atoms with Gasteiger partial charge in [0, 0.05) is 38.7 Å². The normalized spacial score (nSPS) is 22.0. The van der Waals surface area contributed by atoms with Crippen molar-refractivity contribution in [3.63, 3.8) is 0 Å². The van der Waals surface area contributed by atoms with Crippen molar-refractivity contribution in [1.82, 2.24) is 4.90 Å². The predicted molar refractivity (Wildman–Crippen MR) is 85.0 cm³/mol. The maximum absolute atomic E-state index is 12.7. The first-order valence-electron chi connectivity index (χ1n) is 6.56. The lowest BCUT2D eigenvalue weighted by Crippen LogP contribution is -2.30. The number of nitrogens with zero attached hydrogens (tertiary/aromatic N) is 1. The van der Waals surface area contributed by atoms with Crippen LogP contribution in [0.1, 0.15) is 17.0 Å². The fraction of sp³-hybridized carbons (Fsp3) is 0.571. The van der Waals surface area contributed by atoms with Crippen molar-refractivity contribution in [2.24, 2.45) is 5.73 Å². The van der Waals surface area contributed by atoms with Crippen molar-refractivity contribution >= 4 is 24.8 Å². The van der Waals surface area contributed by atoms with E-state index >= 15 is 0 Å². The number of likely N-dealkylation sites (tertiary alicyclic amines) is 1. The molecule has 1 aliphatic rings. The van der Waals surface area contributed by atoms with Crippen molar-refractivity contribution in [2.45, 2.75) is 18.1 Å². The summed E-state index contributed by atoms with van der Waals surface area (Å²) in [4.78, 5) is 2.12. The number of rotatable bonds is 4. The second kappa shape index (κ2) is 8.93. The van der Waals surface area contributed by atoms with Crippen molar-refractivity contribution in [2.75, 3.05) is 33.4 Å². The van der Waals surface area contributed by atoms with Crippen molar-refractivity contribution in [3.05, 3.63) is 35.4 Å². The average Bonchev–Trinajstić information content (AvgIpc) is 2.77. The molecule has 1 aromatic carbocycles. The van der Waals surface area contributed by atoms with E-state index in [9.17, 15) is 13.2 Å². The summed E-state index contributed by atoms with van der Waals surface area (Å²) in [7, 11) is 1.63. The molecular formula is C14H21Cl2F3N2O. The minimum Gasteiger partial charge on any atom is -0.383 e. The first-order valence-corrected chi connectivity index (χ1v) is 6.56. The van der Waals surface area contributed by atoms with Gasteiger partial charge < -0.3 is 10.5 Å². The minimum atomic E-state index is -4.31. The minimum absolute atomic E-state index is 0. The van der Waals surface area contributed by atoms with Crippen LogP contribution < -0.4 is 5.73 Å². The molecule has 1 heterocycles. The summed E-state index contributed by atoms with van der Waals surface area (Å²) in [6.45, 7) is 2.71. The van der Waals surface area contributed by atoms with Crippen LogP contribution in [0.25, 0.3) is 0 Å². The maximum atomic E-state index is 12.7. The summed E-state index contributed by atoms with van der Waals surface area (Å²) in [6, 6.07) is 5.33. The summed E-state index contributed by atoms with van der Waals surface area (Å²) in [5.74, 6) is -0.0610. The lowest BCUT2D eigenvalue weighted by atomic mass is 9.93. The Balaban J connectivity index is 0.00000220. The van der Waals surface area contributed by atoms with E-state index in [4.69, 9.17) is 10.5 Å². The SMILES string of the molecule is COCCN1CC(N)C(c2cccc(C(F)(F)F)c2)C1.Cl.Cl. The molecule has 22 heavy (non-hydrogen) atoms. The zero-order valence-electron chi connectivity index (χ0n) is 12.2. The molecule has 2 rings (SSSR count). The molecule has 128 valence electrons. The second-order valence-electron chi connectivity index (χ2n) is 5.15. The standard InChI is InChI=1S/C14H19F3N2O.2ClH/c1-20-6-5-19-8-12(13(18)9-19)10-3-2-4-11(7-10)14(15,16)17;;/h2-4,7,12-13H,5-6,8-9,18H2,1H3;2*1H. The first-order chi connectivity index (χ1) is 9.41. The molecule has 1 fully saturated rings. The van der Waals surface area contributed by atoms with Gasteiger partial charge in [0.1, 0.15) is 0 Å². The Morgan fingerprint density at radius 2 is 1.95 bits per heavy atom. The zero-order chi connectivity index (χ0) is 14.8. The van der Waals surface area contributed by atoms with E-state index in [1.54, 1.807) is 13.2 Å². The number of hydrogen-bond donors (Lipinski definition) is 1. The van der Waals surface area contributed by atoms with Crippen molar-refractivity contribution < 1.29 is 17.9 Å². The lowest BCUT2D eigenvalue weighted by molar-refractivity contribution is -0.137. The maximum Gasteiger partial charge on any atom is 0.416 e. The molecule has 8 heteroatoms. The van der Waals surface area contributed by atoms with E-state index in [1.165, 1.54) is 12.1 Å². The molecule has 1 aliphatic heterocycles. The third kappa shape index (κ3) is 5.28. The smallest absolute Gasteiger partial charge is 0.383 e. The number of nitrogens with two attached hydrogens (primary N) is 1. The Bertz CT molecular complexity index is 460. The van der Waals surface area contributed by atoms with Gasteiger partial charge in [-0.05, 0) is 11.6 Å². The summed E-state index contributed by atoms with van der Waals surface area (Å²) < 4.78 is 43.2. The molecular weight excluding hydrogens is 340 g/mol. The summed E-state index contributed by atoms with van der Waals surface area (Å²) >= 11 is 0. The molecule has 2 N–H and O–H groups in total. The number of methoxy groups -OCH3 is 1. The molecule has 0 aliphatic carbocycles. The molecule has 0 saturated carbocycles. The predicted octanol–water partition coefficient (Wildman–Crippen LogP) is 2.92. The molecule has 0 spiro atoms. The van der Waals surface area contributed by atoms with E-state index in [2.05, 4.69) is 4.90 Å². The van der Waals surface area contributed by atoms with Gasteiger partial charge in [-0.3, -0.25) is 4.90 Å².